The molecule has 0 bridgehead atoms. The number of methoxy groups -OCH3 is 2. The highest BCUT2D eigenvalue weighted by molar-refractivity contribution is 5.74. The molecule has 11 heteroatoms. The number of fused-ring (bicyclic) bond motifs is 1. The molecule has 0 saturated carbocycles. The smallest absolute Gasteiger partial charge is 0.349 e. The zero-order valence-corrected chi connectivity index (χ0v) is 19.8. The molecule has 0 fully saturated rings. The Morgan fingerprint density at radius 2 is 1.81 bits per heavy atom. The van der Waals surface area contributed by atoms with E-state index in [4.69, 9.17) is 29.4 Å². The lowest BCUT2D eigenvalue weighted by Crippen LogP contribution is -2.22. The number of nitro benzene ring substituents is 1. The summed E-state index contributed by atoms with van der Waals surface area (Å²) < 4.78 is 27.1. The third-order valence-electron chi connectivity index (χ3n) is 5.58. The van der Waals surface area contributed by atoms with Gasteiger partial charge in [-0.05, 0) is 30.3 Å². The van der Waals surface area contributed by atoms with Gasteiger partial charge in [-0.1, -0.05) is 18.2 Å². The van der Waals surface area contributed by atoms with Crippen LogP contribution in [-0.2, 0) is 4.79 Å². The van der Waals surface area contributed by atoms with Gasteiger partial charge in [0.2, 0.25) is 5.88 Å². The van der Waals surface area contributed by atoms with Crippen LogP contribution in [0.1, 0.15) is 17.0 Å². The van der Waals surface area contributed by atoms with E-state index in [9.17, 15) is 20.2 Å². The van der Waals surface area contributed by atoms with E-state index in [-0.39, 0.29) is 34.4 Å². The molecule has 188 valence electrons. The summed E-state index contributed by atoms with van der Waals surface area (Å²) in [5.41, 5.74) is 7.21. The molecule has 2 N–H and O–H groups in total. The first-order chi connectivity index (χ1) is 17.9. The predicted octanol–water partition coefficient (Wildman–Crippen LogP) is 3.81. The highest BCUT2D eigenvalue weighted by Gasteiger charge is 2.33. The van der Waals surface area contributed by atoms with E-state index in [0.717, 1.165) is 0 Å². The van der Waals surface area contributed by atoms with Gasteiger partial charge in [0, 0.05) is 23.3 Å². The lowest BCUT2D eigenvalue weighted by molar-refractivity contribution is -0.385. The summed E-state index contributed by atoms with van der Waals surface area (Å²) in [7, 11) is 3.04. The maximum absolute atomic E-state index is 12.4. The number of nitriles is 1. The molecule has 0 aromatic heterocycles. The van der Waals surface area contributed by atoms with Crippen LogP contribution in [-0.4, -0.2) is 31.7 Å². The Labute approximate surface area is 211 Å². The number of benzene rings is 3. The van der Waals surface area contributed by atoms with Gasteiger partial charge in [-0.2, -0.15) is 5.26 Å². The lowest BCUT2D eigenvalue weighted by Gasteiger charge is -2.28. The second-order valence-corrected chi connectivity index (χ2v) is 7.72. The minimum Gasteiger partial charge on any atom is -0.497 e. The standard InChI is InChI=1S/C26H21N3O8/c1-33-15-8-10-21(34-2)18(11-15)25-17-9-7-16(12-23(17)37-26(28)19(25)13-27)36-24(30)14-35-22-6-4-3-5-20(22)29(31)32/h3-12,25H,14,28H2,1-2H3. The number of hydrogen-bond donors (Lipinski definition) is 1. The van der Waals surface area contributed by atoms with Gasteiger partial charge in [-0.15, -0.1) is 0 Å². The number of nitrogens with zero attached hydrogens (tertiary/aromatic N) is 2. The quantitative estimate of drug-likeness (QED) is 0.207. The van der Waals surface area contributed by atoms with E-state index in [0.29, 0.717) is 22.6 Å². The number of nitrogens with two attached hydrogens (primary N) is 1. The molecule has 37 heavy (non-hydrogen) atoms. The van der Waals surface area contributed by atoms with Crippen LogP contribution in [0.15, 0.2) is 72.1 Å². The molecular weight excluding hydrogens is 482 g/mol. The minimum atomic E-state index is -0.791. The summed E-state index contributed by atoms with van der Waals surface area (Å²) in [5, 5.41) is 20.9. The van der Waals surface area contributed by atoms with Gasteiger partial charge in [-0.3, -0.25) is 10.1 Å². The third-order valence-corrected chi connectivity index (χ3v) is 5.58. The third kappa shape index (κ3) is 5.08. The van der Waals surface area contributed by atoms with E-state index >= 15 is 0 Å². The molecule has 0 spiro atoms. The van der Waals surface area contributed by atoms with Crippen molar-refractivity contribution < 1.29 is 33.4 Å². The number of esters is 1. The second-order valence-electron chi connectivity index (χ2n) is 7.72. The number of para-hydroxylation sites is 2. The molecule has 0 radical (unpaired) electrons. The molecule has 1 aliphatic heterocycles. The molecule has 1 atom stereocenters. The van der Waals surface area contributed by atoms with Gasteiger partial charge >= 0.3 is 11.7 Å². The zero-order chi connectivity index (χ0) is 26.5. The molecule has 1 heterocycles. The molecule has 0 aliphatic carbocycles. The van der Waals surface area contributed by atoms with Crippen LogP contribution >= 0.6 is 0 Å². The van der Waals surface area contributed by atoms with E-state index in [1.54, 1.807) is 30.3 Å². The molecule has 11 nitrogen and oxygen atoms in total. The number of carbonyl (C=O) groups excluding carboxylic acids is 1. The Balaban J connectivity index is 1.60. The van der Waals surface area contributed by atoms with Gasteiger partial charge in [0.25, 0.3) is 0 Å². The van der Waals surface area contributed by atoms with Crippen molar-refractivity contribution in [2.45, 2.75) is 5.92 Å². The maximum Gasteiger partial charge on any atom is 0.349 e. The lowest BCUT2D eigenvalue weighted by atomic mass is 9.83. The first kappa shape index (κ1) is 24.9. The first-order valence-corrected chi connectivity index (χ1v) is 10.9. The molecule has 1 unspecified atom stereocenters. The van der Waals surface area contributed by atoms with Crippen molar-refractivity contribution in [2.75, 3.05) is 20.8 Å². The summed E-state index contributed by atoms with van der Waals surface area (Å²) >= 11 is 0. The number of rotatable bonds is 8. The summed E-state index contributed by atoms with van der Waals surface area (Å²) in [6.45, 7) is -0.562. The molecule has 0 saturated heterocycles. The molecule has 3 aromatic rings. The molecule has 4 rings (SSSR count). The normalized spacial score (nSPS) is 14.0. The first-order valence-electron chi connectivity index (χ1n) is 10.9. The molecular formula is C26H21N3O8. The van der Waals surface area contributed by atoms with Crippen LogP contribution in [0, 0.1) is 21.4 Å². The second kappa shape index (κ2) is 10.6. The highest BCUT2D eigenvalue weighted by Crippen LogP contribution is 2.46. The predicted molar refractivity (Wildman–Crippen MR) is 130 cm³/mol. The molecule has 1 aliphatic rings. The Morgan fingerprint density at radius 1 is 1.05 bits per heavy atom. The Hall–Kier alpha value is -5.24. The van der Waals surface area contributed by atoms with Crippen LogP contribution in [0.5, 0.6) is 28.7 Å². The number of nitro groups is 1. The maximum atomic E-state index is 12.4. The summed E-state index contributed by atoms with van der Waals surface area (Å²) in [5.74, 6) is -0.114. The van der Waals surface area contributed by atoms with Crippen LogP contribution in [0.4, 0.5) is 5.69 Å². The van der Waals surface area contributed by atoms with Crippen molar-refractivity contribution in [3.8, 4) is 34.8 Å². The number of ether oxygens (including phenoxy) is 5. The van der Waals surface area contributed by atoms with Crippen molar-refractivity contribution in [3.63, 3.8) is 0 Å². The molecule has 3 aromatic carbocycles. The van der Waals surface area contributed by atoms with Crippen molar-refractivity contribution in [2.24, 2.45) is 5.73 Å². The van der Waals surface area contributed by atoms with E-state index in [1.807, 2.05) is 0 Å². The number of hydrogen-bond acceptors (Lipinski definition) is 10. The fourth-order valence-electron chi connectivity index (χ4n) is 3.91. The SMILES string of the molecule is COc1ccc(OC)c(C2C(C#N)=C(N)Oc3cc(OC(=O)COc4ccccc4[N+](=O)[O-])ccc32)c1. The fourth-order valence-corrected chi connectivity index (χ4v) is 3.91. The van der Waals surface area contributed by atoms with Gasteiger partial charge < -0.3 is 29.4 Å². The monoisotopic (exact) mass is 503 g/mol. The summed E-state index contributed by atoms with van der Waals surface area (Å²) in [6.07, 6.45) is 0. The Kier molecular flexibility index (Phi) is 7.11. The summed E-state index contributed by atoms with van der Waals surface area (Å²) in [6, 6.07) is 17.6. The minimum absolute atomic E-state index is 0.0600. The topological polar surface area (TPSA) is 156 Å². The van der Waals surface area contributed by atoms with Crippen molar-refractivity contribution >= 4 is 11.7 Å². The van der Waals surface area contributed by atoms with Crippen LogP contribution < -0.4 is 29.4 Å². The highest BCUT2D eigenvalue weighted by atomic mass is 16.6. The van der Waals surface area contributed by atoms with E-state index in [2.05, 4.69) is 6.07 Å². The van der Waals surface area contributed by atoms with Gasteiger partial charge in [-0.25, -0.2) is 4.79 Å². The molecule has 0 amide bonds. The average Bonchev–Trinajstić information content (AvgIpc) is 2.90. The van der Waals surface area contributed by atoms with Gasteiger partial charge in [0.1, 0.15) is 34.6 Å². The summed E-state index contributed by atoms with van der Waals surface area (Å²) in [4.78, 5) is 22.9. The van der Waals surface area contributed by atoms with E-state index < -0.39 is 23.4 Å². The number of carbonyl (C=O) groups is 1. The van der Waals surface area contributed by atoms with Crippen molar-refractivity contribution in [1.29, 1.82) is 5.26 Å². The Morgan fingerprint density at radius 3 is 2.51 bits per heavy atom. The van der Waals surface area contributed by atoms with E-state index in [1.165, 1.54) is 44.6 Å². The zero-order valence-electron chi connectivity index (χ0n) is 19.8. The van der Waals surface area contributed by atoms with Crippen LogP contribution in [0.3, 0.4) is 0 Å². The van der Waals surface area contributed by atoms with Crippen molar-refractivity contribution in [3.05, 3.63) is 93.4 Å². The van der Waals surface area contributed by atoms with Gasteiger partial charge in [0.15, 0.2) is 12.4 Å². The average molecular weight is 503 g/mol. The van der Waals surface area contributed by atoms with Crippen LogP contribution in [0.2, 0.25) is 0 Å². The fraction of sp³-hybridized carbons (Fsp3) is 0.154. The Bertz CT molecular complexity index is 1440. The largest absolute Gasteiger partial charge is 0.497 e. The van der Waals surface area contributed by atoms with Crippen molar-refractivity contribution in [1.82, 2.24) is 0 Å². The number of allylic oxidation sites excluding steroid dienone is 1. The van der Waals surface area contributed by atoms with Gasteiger partial charge in [0.05, 0.1) is 25.1 Å². The van der Waals surface area contributed by atoms with Crippen LogP contribution in [0.25, 0.3) is 0 Å².